The van der Waals surface area contributed by atoms with E-state index in [4.69, 9.17) is 9.47 Å². The van der Waals surface area contributed by atoms with Gasteiger partial charge in [-0.15, -0.1) is 0 Å². The van der Waals surface area contributed by atoms with Crippen LogP contribution in [-0.2, 0) is 14.3 Å². The van der Waals surface area contributed by atoms with Crippen LogP contribution >= 0.6 is 0 Å². The van der Waals surface area contributed by atoms with Crippen LogP contribution in [0, 0.1) is 23.7 Å². The van der Waals surface area contributed by atoms with E-state index in [1.165, 1.54) is 83.5 Å². The molecule has 4 fully saturated rings. The molecule has 30 heavy (non-hydrogen) atoms. The summed E-state index contributed by atoms with van der Waals surface area (Å²) in [4.78, 5) is 13.4. The van der Waals surface area contributed by atoms with Gasteiger partial charge >= 0.3 is 0 Å². The van der Waals surface area contributed by atoms with E-state index >= 15 is 0 Å². The van der Waals surface area contributed by atoms with E-state index in [-0.39, 0.29) is 12.0 Å². The molecule has 0 amide bonds. The lowest BCUT2D eigenvalue weighted by Gasteiger charge is -2.38. The summed E-state index contributed by atoms with van der Waals surface area (Å²) >= 11 is 0. The Labute approximate surface area is 185 Å². The van der Waals surface area contributed by atoms with E-state index in [1.807, 2.05) is 0 Å². The van der Waals surface area contributed by atoms with Gasteiger partial charge in [-0.25, -0.2) is 0 Å². The van der Waals surface area contributed by atoms with Gasteiger partial charge in [0.2, 0.25) is 0 Å². The summed E-state index contributed by atoms with van der Waals surface area (Å²) in [6.45, 7) is 1.80. The molecule has 0 aromatic carbocycles. The quantitative estimate of drug-likeness (QED) is 0.431. The molecular formula is C27H46O3. The van der Waals surface area contributed by atoms with Crippen LogP contribution < -0.4 is 0 Å². The van der Waals surface area contributed by atoms with E-state index in [2.05, 4.69) is 0 Å². The van der Waals surface area contributed by atoms with Crippen molar-refractivity contribution in [1.29, 1.82) is 0 Å². The molecule has 3 unspecified atom stereocenters. The minimum absolute atomic E-state index is 0.103. The maximum Gasteiger partial charge on any atom is 0.141 e. The van der Waals surface area contributed by atoms with Gasteiger partial charge in [0.05, 0.1) is 12.2 Å². The third kappa shape index (κ3) is 6.55. The molecule has 4 rings (SSSR count). The van der Waals surface area contributed by atoms with Gasteiger partial charge in [0.1, 0.15) is 5.78 Å². The van der Waals surface area contributed by atoms with Crippen LogP contribution in [0.5, 0.6) is 0 Å². The number of hydrogen-bond donors (Lipinski definition) is 0. The summed E-state index contributed by atoms with van der Waals surface area (Å²) in [5, 5.41) is 0. The Morgan fingerprint density at radius 2 is 1.13 bits per heavy atom. The van der Waals surface area contributed by atoms with E-state index in [1.54, 1.807) is 0 Å². The average Bonchev–Trinajstić information content (AvgIpc) is 2.83. The fourth-order valence-electron chi connectivity index (χ4n) is 6.68. The maximum absolute atomic E-state index is 13.4. The highest BCUT2D eigenvalue weighted by atomic mass is 16.5. The van der Waals surface area contributed by atoms with Gasteiger partial charge in [0.25, 0.3) is 0 Å². The monoisotopic (exact) mass is 418 g/mol. The van der Waals surface area contributed by atoms with Gasteiger partial charge in [0.15, 0.2) is 0 Å². The van der Waals surface area contributed by atoms with Gasteiger partial charge in [-0.2, -0.15) is 0 Å². The second-order valence-corrected chi connectivity index (χ2v) is 11.0. The molecule has 4 aliphatic rings. The van der Waals surface area contributed by atoms with Crippen LogP contribution in [0.15, 0.2) is 0 Å². The normalized spacial score (nSPS) is 32.9. The van der Waals surface area contributed by atoms with Crippen LogP contribution in [0.2, 0.25) is 0 Å². The number of rotatable bonds is 8. The lowest BCUT2D eigenvalue weighted by molar-refractivity contribution is -0.141. The molecule has 0 aliphatic heterocycles. The van der Waals surface area contributed by atoms with E-state index < -0.39 is 0 Å². The predicted molar refractivity (Wildman–Crippen MR) is 122 cm³/mol. The molecule has 3 heteroatoms. The molecule has 172 valence electrons. The van der Waals surface area contributed by atoms with Crippen molar-refractivity contribution in [2.45, 2.75) is 128 Å². The Hall–Kier alpha value is -0.410. The molecule has 0 aromatic rings. The predicted octanol–water partition coefficient (Wildman–Crippen LogP) is 6.87. The zero-order valence-electron chi connectivity index (χ0n) is 19.3. The first-order chi connectivity index (χ1) is 14.8. The highest BCUT2D eigenvalue weighted by Crippen LogP contribution is 2.37. The average molecular weight is 419 g/mol. The van der Waals surface area contributed by atoms with Crippen molar-refractivity contribution in [3.8, 4) is 0 Å². The van der Waals surface area contributed by atoms with E-state index in [0.29, 0.717) is 23.7 Å². The molecule has 0 N–H and O–H groups in total. The summed E-state index contributed by atoms with van der Waals surface area (Å²) < 4.78 is 13.0. The molecule has 4 aliphatic carbocycles. The van der Waals surface area contributed by atoms with Gasteiger partial charge in [-0.05, 0) is 63.2 Å². The summed E-state index contributed by atoms with van der Waals surface area (Å²) in [6, 6.07) is 0. The highest BCUT2D eigenvalue weighted by molar-refractivity contribution is 5.84. The fourth-order valence-corrected chi connectivity index (χ4v) is 6.68. The van der Waals surface area contributed by atoms with Gasteiger partial charge in [0, 0.05) is 31.5 Å². The second-order valence-electron chi connectivity index (χ2n) is 11.0. The highest BCUT2D eigenvalue weighted by Gasteiger charge is 2.39. The van der Waals surface area contributed by atoms with Crippen LogP contribution in [-0.4, -0.2) is 31.2 Å². The van der Waals surface area contributed by atoms with E-state index in [0.717, 1.165) is 51.2 Å². The number of carbonyl (C=O) groups excluding carboxylic acids is 1. The zero-order chi connectivity index (χ0) is 20.6. The van der Waals surface area contributed by atoms with Crippen molar-refractivity contribution >= 4 is 5.78 Å². The molecule has 3 nitrogen and oxygen atoms in total. The number of Topliss-reactive ketones (excluding diaryl/α,β-unsaturated/α-hetero) is 1. The molecule has 0 aromatic heterocycles. The Balaban J connectivity index is 1.31. The number of ether oxygens (including phenoxy) is 2. The summed E-state index contributed by atoms with van der Waals surface area (Å²) in [5.41, 5.74) is 0. The maximum atomic E-state index is 13.4. The second kappa shape index (κ2) is 12.0. The van der Waals surface area contributed by atoms with Crippen molar-refractivity contribution in [2.24, 2.45) is 23.7 Å². The van der Waals surface area contributed by atoms with Crippen molar-refractivity contribution in [1.82, 2.24) is 0 Å². The number of hydrogen-bond acceptors (Lipinski definition) is 3. The largest absolute Gasteiger partial charge is 0.378 e. The zero-order valence-corrected chi connectivity index (χ0v) is 19.3. The number of ketones is 1. The third-order valence-electron chi connectivity index (χ3n) is 8.68. The first kappa shape index (κ1) is 22.8. The molecular weight excluding hydrogens is 372 g/mol. The molecule has 3 atom stereocenters. The van der Waals surface area contributed by atoms with Crippen molar-refractivity contribution in [3.63, 3.8) is 0 Å². The Morgan fingerprint density at radius 3 is 1.73 bits per heavy atom. The Bertz CT molecular complexity index is 500. The van der Waals surface area contributed by atoms with Crippen molar-refractivity contribution in [3.05, 3.63) is 0 Å². The Morgan fingerprint density at radius 1 is 0.600 bits per heavy atom. The third-order valence-corrected chi connectivity index (χ3v) is 8.68. The SMILES string of the molecule is O=C(C1CCCCC1)C1CCC(OCC2CCCCC2)CC1OCC1CCCCC1. The molecule has 0 radical (unpaired) electrons. The van der Waals surface area contributed by atoms with Gasteiger partial charge in [-0.3, -0.25) is 4.79 Å². The number of carbonyl (C=O) groups is 1. The van der Waals surface area contributed by atoms with Crippen LogP contribution in [0.25, 0.3) is 0 Å². The van der Waals surface area contributed by atoms with E-state index in [9.17, 15) is 4.79 Å². The summed E-state index contributed by atoms with van der Waals surface area (Å²) in [6.07, 6.45) is 23.0. The van der Waals surface area contributed by atoms with Crippen LogP contribution in [0.3, 0.4) is 0 Å². The molecule has 0 bridgehead atoms. The molecule has 0 spiro atoms. The summed E-state index contributed by atoms with van der Waals surface area (Å²) in [5.74, 6) is 2.46. The minimum atomic E-state index is 0.103. The standard InChI is InChI=1S/C27H46O3/c28-27(23-14-8-3-9-15-23)25-17-16-24(29-19-21-10-4-1-5-11-21)18-26(25)30-20-22-12-6-2-7-13-22/h21-26H,1-20H2. The topological polar surface area (TPSA) is 35.5 Å². The van der Waals surface area contributed by atoms with Crippen molar-refractivity contribution in [2.75, 3.05) is 13.2 Å². The molecule has 0 saturated heterocycles. The van der Waals surface area contributed by atoms with Crippen LogP contribution in [0.1, 0.15) is 116 Å². The van der Waals surface area contributed by atoms with Gasteiger partial charge in [-0.1, -0.05) is 57.8 Å². The molecule has 4 saturated carbocycles. The van der Waals surface area contributed by atoms with Crippen molar-refractivity contribution < 1.29 is 14.3 Å². The first-order valence-electron chi connectivity index (χ1n) is 13.6. The fraction of sp³-hybridized carbons (Fsp3) is 0.963. The first-order valence-corrected chi connectivity index (χ1v) is 13.6. The molecule has 0 heterocycles. The smallest absolute Gasteiger partial charge is 0.141 e. The lowest BCUT2D eigenvalue weighted by Crippen LogP contribution is -2.43. The summed E-state index contributed by atoms with van der Waals surface area (Å²) in [7, 11) is 0. The van der Waals surface area contributed by atoms with Gasteiger partial charge < -0.3 is 9.47 Å². The lowest BCUT2D eigenvalue weighted by atomic mass is 9.74. The minimum Gasteiger partial charge on any atom is -0.378 e. The van der Waals surface area contributed by atoms with Crippen LogP contribution in [0.4, 0.5) is 0 Å². The Kier molecular flexibility index (Phi) is 9.11.